The van der Waals surface area contributed by atoms with Crippen LogP contribution in [0.3, 0.4) is 0 Å². The number of hydrogen-bond donors (Lipinski definition) is 2. The standard InChI is InChI=1S/C17H17Cl2NO3/c1-3-23-16-13(18)7-11(8-14(16)19)9-20-15-6-4-5-12(10(15)2)17(21)22/h4-8,20H,3,9H2,1-2H3,(H,21,22). The molecular weight excluding hydrogens is 337 g/mol. The van der Waals surface area contributed by atoms with Crippen molar-refractivity contribution >= 4 is 34.9 Å². The first kappa shape index (κ1) is 17.4. The van der Waals surface area contributed by atoms with Gasteiger partial charge in [0.05, 0.1) is 22.2 Å². The lowest BCUT2D eigenvalue weighted by Crippen LogP contribution is -2.06. The molecule has 122 valence electrons. The number of hydrogen-bond acceptors (Lipinski definition) is 3. The SMILES string of the molecule is CCOc1c(Cl)cc(CNc2cccc(C(=O)O)c2C)cc1Cl. The Bertz CT molecular complexity index is 709. The van der Waals surface area contributed by atoms with E-state index in [0.29, 0.717) is 34.5 Å². The number of benzene rings is 2. The van der Waals surface area contributed by atoms with Crippen molar-refractivity contribution in [2.75, 3.05) is 11.9 Å². The Morgan fingerprint density at radius 1 is 1.26 bits per heavy atom. The largest absolute Gasteiger partial charge is 0.491 e. The van der Waals surface area contributed by atoms with E-state index in [1.54, 1.807) is 31.2 Å². The number of nitrogens with one attached hydrogen (secondary N) is 1. The Balaban J connectivity index is 2.19. The van der Waals surface area contributed by atoms with E-state index in [0.717, 1.165) is 11.3 Å². The quantitative estimate of drug-likeness (QED) is 0.766. The molecule has 0 amide bonds. The molecule has 2 rings (SSSR count). The van der Waals surface area contributed by atoms with Crippen LogP contribution in [0.15, 0.2) is 30.3 Å². The molecule has 2 aromatic carbocycles. The average Bonchev–Trinajstić information content (AvgIpc) is 2.49. The van der Waals surface area contributed by atoms with E-state index in [1.807, 2.05) is 13.0 Å². The first-order chi connectivity index (χ1) is 10.9. The van der Waals surface area contributed by atoms with Gasteiger partial charge in [0.1, 0.15) is 0 Å². The molecule has 0 saturated carbocycles. The molecule has 0 unspecified atom stereocenters. The van der Waals surface area contributed by atoms with Crippen LogP contribution in [0, 0.1) is 6.92 Å². The predicted molar refractivity (Wildman–Crippen MR) is 93.1 cm³/mol. The van der Waals surface area contributed by atoms with Gasteiger partial charge in [-0.15, -0.1) is 0 Å². The Morgan fingerprint density at radius 3 is 2.48 bits per heavy atom. The molecule has 23 heavy (non-hydrogen) atoms. The summed E-state index contributed by atoms with van der Waals surface area (Å²) in [6, 6.07) is 8.67. The maximum Gasteiger partial charge on any atom is 0.336 e. The predicted octanol–water partition coefficient (Wildman–Crippen LogP) is 5.01. The van der Waals surface area contributed by atoms with Crippen molar-refractivity contribution in [3.63, 3.8) is 0 Å². The molecule has 6 heteroatoms. The molecule has 0 saturated heterocycles. The molecule has 0 aliphatic heterocycles. The van der Waals surface area contributed by atoms with Gasteiger partial charge in [-0.2, -0.15) is 0 Å². The van der Waals surface area contributed by atoms with Gasteiger partial charge in [-0.3, -0.25) is 0 Å². The average molecular weight is 354 g/mol. The second kappa shape index (κ2) is 7.57. The fourth-order valence-corrected chi connectivity index (χ4v) is 2.89. The molecule has 0 aliphatic carbocycles. The summed E-state index contributed by atoms with van der Waals surface area (Å²) in [5.41, 5.74) is 2.59. The fourth-order valence-electron chi connectivity index (χ4n) is 2.25. The number of anilines is 1. The normalized spacial score (nSPS) is 10.4. The first-order valence-corrected chi connectivity index (χ1v) is 7.87. The first-order valence-electron chi connectivity index (χ1n) is 7.11. The lowest BCUT2D eigenvalue weighted by molar-refractivity contribution is 0.0696. The van der Waals surface area contributed by atoms with Gasteiger partial charge < -0.3 is 15.2 Å². The van der Waals surface area contributed by atoms with Gasteiger partial charge >= 0.3 is 5.97 Å². The fraction of sp³-hybridized carbons (Fsp3) is 0.235. The Labute approximate surface area is 145 Å². The number of rotatable bonds is 6. The Kier molecular flexibility index (Phi) is 5.74. The molecule has 0 aliphatic rings. The molecular formula is C17H17Cl2NO3. The highest BCUT2D eigenvalue weighted by molar-refractivity contribution is 6.37. The molecule has 0 aromatic heterocycles. The van der Waals surface area contributed by atoms with Crippen molar-refractivity contribution in [2.45, 2.75) is 20.4 Å². The van der Waals surface area contributed by atoms with Crippen LogP contribution in [0.5, 0.6) is 5.75 Å². The molecule has 2 N–H and O–H groups in total. The summed E-state index contributed by atoms with van der Waals surface area (Å²) in [6.07, 6.45) is 0. The Morgan fingerprint density at radius 2 is 1.91 bits per heavy atom. The molecule has 0 bridgehead atoms. The summed E-state index contributed by atoms with van der Waals surface area (Å²) in [6.45, 7) is 4.58. The molecule has 0 spiro atoms. The van der Waals surface area contributed by atoms with Crippen LogP contribution in [-0.4, -0.2) is 17.7 Å². The molecule has 0 heterocycles. The van der Waals surface area contributed by atoms with Crippen LogP contribution in [-0.2, 0) is 6.54 Å². The van der Waals surface area contributed by atoms with Gasteiger partial charge in [-0.05, 0) is 49.2 Å². The zero-order chi connectivity index (χ0) is 17.0. The highest BCUT2D eigenvalue weighted by atomic mass is 35.5. The molecule has 0 atom stereocenters. The molecule has 2 aromatic rings. The maximum absolute atomic E-state index is 11.2. The highest BCUT2D eigenvalue weighted by Crippen LogP contribution is 2.34. The van der Waals surface area contributed by atoms with E-state index in [4.69, 9.17) is 33.0 Å². The summed E-state index contributed by atoms with van der Waals surface area (Å²) >= 11 is 12.4. The smallest absolute Gasteiger partial charge is 0.336 e. The monoisotopic (exact) mass is 353 g/mol. The van der Waals surface area contributed by atoms with Crippen molar-refractivity contribution in [1.82, 2.24) is 0 Å². The number of carbonyl (C=O) groups is 1. The zero-order valence-electron chi connectivity index (χ0n) is 12.8. The van der Waals surface area contributed by atoms with Crippen molar-refractivity contribution in [3.05, 3.63) is 57.1 Å². The lowest BCUT2D eigenvalue weighted by Gasteiger charge is -2.13. The second-order valence-electron chi connectivity index (χ2n) is 4.96. The lowest BCUT2D eigenvalue weighted by atomic mass is 10.1. The molecule has 0 radical (unpaired) electrons. The van der Waals surface area contributed by atoms with E-state index in [2.05, 4.69) is 5.32 Å². The van der Waals surface area contributed by atoms with E-state index in [-0.39, 0.29) is 5.56 Å². The third kappa shape index (κ3) is 4.09. The van der Waals surface area contributed by atoms with Gasteiger partial charge in [-0.1, -0.05) is 29.3 Å². The van der Waals surface area contributed by atoms with Gasteiger partial charge in [0, 0.05) is 12.2 Å². The van der Waals surface area contributed by atoms with Crippen molar-refractivity contribution in [3.8, 4) is 5.75 Å². The van der Waals surface area contributed by atoms with Crippen LogP contribution >= 0.6 is 23.2 Å². The highest BCUT2D eigenvalue weighted by Gasteiger charge is 2.12. The summed E-state index contributed by atoms with van der Waals surface area (Å²) in [5.74, 6) is -0.470. The van der Waals surface area contributed by atoms with Gasteiger partial charge in [0.2, 0.25) is 0 Å². The minimum Gasteiger partial charge on any atom is -0.491 e. The van der Waals surface area contributed by atoms with Gasteiger partial charge in [0.25, 0.3) is 0 Å². The van der Waals surface area contributed by atoms with E-state index in [9.17, 15) is 4.79 Å². The van der Waals surface area contributed by atoms with Gasteiger partial charge in [-0.25, -0.2) is 4.79 Å². The third-order valence-corrected chi connectivity index (χ3v) is 3.96. The summed E-state index contributed by atoms with van der Waals surface area (Å²) in [4.78, 5) is 11.2. The van der Waals surface area contributed by atoms with Crippen molar-refractivity contribution < 1.29 is 14.6 Å². The maximum atomic E-state index is 11.2. The van der Waals surface area contributed by atoms with Crippen LogP contribution in [0.1, 0.15) is 28.4 Å². The zero-order valence-corrected chi connectivity index (χ0v) is 14.3. The molecule has 4 nitrogen and oxygen atoms in total. The number of aromatic carboxylic acids is 1. The van der Waals surface area contributed by atoms with Crippen LogP contribution in [0.2, 0.25) is 10.0 Å². The third-order valence-electron chi connectivity index (χ3n) is 3.39. The number of carboxylic acid groups (broad SMARTS) is 1. The van der Waals surface area contributed by atoms with Gasteiger partial charge in [0.15, 0.2) is 5.75 Å². The van der Waals surface area contributed by atoms with E-state index >= 15 is 0 Å². The van der Waals surface area contributed by atoms with E-state index in [1.165, 1.54) is 0 Å². The van der Waals surface area contributed by atoms with Crippen molar-refractivity contribution in [1.29, 1.82) is 0 Å². The summed E-state index contributed by atoms with van der Waals surface area (Å²) in [7, 11) is 0. The number of halogens is 2. The minimum absolute atomic E-state index is 0.276. The summed E-state index contributed by atoms with van der Waals surface area (Å²) < 4.78 is 5.40. The summed E-state index contributed by atoms with van der Waals surface area (Å²) in [5, 5.41) is 13.3. The van der Waals surface area contributed by atoms with Crippen LogP contribution < -0.4 is 10.1 Å². The van der Waals surface area contributed by atoms with Crippen molar-refractivity contribution in [2.24, 2.45) is 0 Å². The second-order valence-corrected chi connectivity index (χ2v) is 5.77. The molecule has 0 fully saturated rings. The number of carboxylic acids is 1. The van der Waals surface area contributed by atoms with E-state index < -0.39 is 5.97 Å². The Hall–Kier alpha value is -1.91. The topological polar surface area (TPSA) is 58.6 Å². The minimum atomic E-state index is -0.946. The van der Waals surface area contributed by atoms with Crippen LogP contribution in [0.25, 0.3) is 0 Å². The van der Waals surface area contributed by atoms with Crippen LogP contribution in [0.4, 0.5) is 5.69 Å². The number of ether oxygens (including phenoxy) is 1.